The summed E-state index contributed by atoms with van der Waals surface area (Å²) in [4.78, 5) is 16.7. The Bertz CT molecular complexity index is 824. The number of carbonyl (C=O) groups is 1. The monoisotopic (exact) mass is 335 g/mol. The van der Waals surface area contributed by atoms with Crippen LogP contribution in [0.15, 0.2) is 54.6 Å². The van der Waals surface area contributed by atoms with Crippen molar-refractivity contribution in [1.82, 2.24) is 14.9 Å². The van der Waals surface area contributed by atoms with E-state index in [9.17, 15) is 4.79 Å². The van der Waals surface area contributed by atoms with Gasteiger partial charge in [-0.3, -0.25) is 4.79 Å². The number of aromatic nitrogens is 2. The zero-order valence-electron chi connectivity index (χ0n) is 14.7. The third kappa shape index (κ3) is 4.47. The summed E-state index contributed by atoms with van der Waals surface area (Å²) in [6.45, 7) is 3.42. The molecule has 0 aliphatic rings. The molecule has 2 aromatic carbocycles. The Morgan fingerprint density at radius 3 is 2.64 bits per heavy atom. The van der Waals surface area contributed by atoms with E-state index in [0.717, 1.165) is 42.7 Å². The lowest BCUT2D eigenvalue weighted by molar-refractivity contribution is -0.121. The fourth-order valence-electron chi connectivity index (χ4n) is 3.00. The van der Waals surface area contributed by atoms with Crippen molar-refractivity contribution in [2.24, 2.45) is 0 Å². The Labute approximate surface area is 148 Å². The molecule has 0 unspecified atom stereocenters. The van der Waals surface area contributed by atoms with E-state index in [1.807, 2.05) is 24.3 Å². The summed E-state index contributed by atoms with van der Waals surface area (Å²) < 4.78 is 2.22. The van der Waals surface area contributed by atoms with Crippen LogP contribution < -0.4 is 5.32 Å². The lowest BCUT2D eigenvalue weighted by Gasteiger charge is -2.10. The number of rotatable bonds is 8. The van der Waals surface area contributed by atoms with Gasteiger partial charge in [0, 0.05) is 13.0 Å². The van der Waals surface area contributed by atoms with Gasteiger partial charge in [-0.1, -0.05) is 55.8 Å². The molecule has 0 aliphatic heterocycles. The van der Waals surface area contributed by atoms with Gasteiger partial charge in [-0.15, -0.1) is 0 Å². The van der Waals surface area contributed by atoms with E-state index >= 15 is 0 Å². The normalized spacial score (nSPS) is 10.9. The SMILES string of the molecule is CCCCC(=O)NCc1nc2ccccc2n1CCc1ccccc1. The van der Waals surface area contributed by atoms with E-state index in [1.165, 1.54) is 5.56 Å². The minimum absolute atomic E-state index is 0.100. The number of nitrogens with zero attached hydrogens (tertiary/aromatic N) is 2. The molecule has 1 aromatic heterocycles. The minimum atomic E-state index is 0.100. The van der Waals surface area contributed by atoms with E-state index in [-0.39, 0.29) is 5.91 Å². The van der Waals surface area contributed by atoms with Crippen LogP contribution in [0.3, 0.4) is 0 Å². The minimum Gasteiger partial charge on any atom is -0.349 e. The van der Waals surface area contributed by atoms with Crippen molar-refractivity contribution in [2.45, 2.75) is 45.7 Å². The maximum absolute atomic E-state index is 11.9. The first kappa shape index (κ1) is 17.2. The number of hydrogen-bond donors (Lipinski definition) is 1. The quantitative estimate of drug-likeness (QED) is 0.674. The summed E-state index contributed by atoms with van der Waals surface area (Å²) >= 11 is 0. The predicted octanol–water partition coefficient (Wildman–Crippen LogP) is 4.09. The molecular formula is C21H25N3O. The molecule has 0 aliphatic carbocycles. The number of nitrogens with one attached hydrogen (secondary N) is 1. The van der Waals surface area contributed by atoms with E-state index in [0.29, 0.717) is 13.0 Å². The maximum atomic E-state index is 11.9. The summed E-state index contributed by atoms with van der Waals surface area (Å²) in [6.07, 6.45) is 3.48. The third-order valence-corrected chi connectivity index (χ3v) is 4.40. The Morgan fingerprint density at radius 1 is 1.08 bits per heavy atom. The van der Waals surface area contributed by atoms with Gasteiger partial charge in [-0.05, 0) is 30.5 Å². The number of aryl methyl sites for hydroxylation is 2. The Balaban J connectivity index is 1.76. The highest BCUT2D eigenvalue weighted by Gasteiger charge is 2.11. The second-order valence-corrected chi connectivity index (χ2v) is 6.28. The molecule has 0 radical (unpaired) electrons. The lowest BCUT2D eigenvalue weighted by atomic mass is 10.1. The summed E-state index contributed by atoms with van der Waals surface area (Å²) in [5.74, 6) is 1.02. The van der Waals surface area contributed by atoms with E-state index in [4.69, 9.17) is 4.98 Å². The van der Waals surface area contributed by atoms with Crippen molar-refractivity contribution in [3.63, 3.8) is 0 Å². The van der Waals surface area contributed by atoms with Crippen LogP contribution in [0.1, 0.15) is 37.6 Å². The van der Waals surface area contributed by atoms with Crippen molar-refractivity contribution in [3.8, 4) is 0 Å². The molecule has 0 saturated heterocycles. The van der Waals surface area contributed by atoms with Crippen LogP contribution in [0.25, 0.3) is 11.0 Å². The highest BCUT2D eigenvalue weighted by atomic mass is 16.1. The highest BCUT2D eigenvalue weighted by Crippen LogP contribution is 2.17. The summed E-state index contributed by atoms with van der Waals surface area (Å²) in [6, 6.07) is 18.6. The van der Waals surface area contributed by atoms with Crippen LogP contribution in [0.4, 0.5) is 0 Å². The topological polar surface area (TPSA) is 46.9 Å². The standard InChI is InChI=1S/C21H25N3O/c1-2-3-13-21(25)22-16-20-23-18-11-7-8-12-19(18)24(20)15-14-17-9-5-4-6-10-17/h4-12H,2-3,13-16H2,1H3,(H,22,25). The van der Waals surface area contributed by atoms with Crippen molar-refractivity contribution < 1.29 is 4.79 Å². The number of fused-ring (bicyclic) bond motifs is 1. The second-order valence-electron chi connectivity index (χ2n) is 6.28. The molecule has 0 bridgehead atoms. The maximum Gasteiger partial charge on any atom is 0.220 e. The van der Waals surface area contributed by atoms with E-state index < -0.39 is 0 Å². The summed E-state index contributed by atoms with van der Waals surface area (Å²) in [7, 11) is 0. The average molecular weight is 335 g/mol. The number of imidazole rings is 1. The lowest BCUT2D eigenvalue weighted by Crippen LogP contribution is -2.24. The van der Waals surface area contributed by atoms with Crippen LogP contribution in [-0.2, 0) is 24.3 Å². The molecule has 0 saturated carbocycles. The molecule has 130 valence electrons. The smallest absolute Gasteiger partial charge is 0.220 e. The molecule has 0 spiro atoms. The van der Waals surface area contributed by atoms with E-state index in [1.54, 1.807) is 0 Å². The zero-order chi connectivity index (χ0) is 17.5. The number of hydrogen-bond acceptors (Lipinski definition) is 2. The fourth-order valence-corrected chi connectivity index (χ4v) is 3.00. The van der Waals surface area contributed by atoms with Gasteiger partial charge in [0.2, 0.25) is 5.91 Å². The van der Waals surface area contributed by atoms with Crippen molar-refractivity contribution in [3.05, 3.63) is 66.0 Å². The summed E-state index contributed by atoms with van der Waals surface area (Å²) in [5, 5.41) is 3.01. The molecule has 3 rings (SSSR count). The molecule has 1 N–H and O–H groups in total. The Morgan fingerprint density at radius 2 is 1.84 bits per heavy atom. The van der Waals surface area contributed by atoms with Crippen molar-refractivity contribution in [1.29, 1.82) is 0 Å². The molecule has 25 heavy (non-hydrogen) atoms. The first-order valence-corrected chi connectivity index (χ1v) is 9.02. The average Bonchev–Trinajstić information content (AvgIpc) is 3.01. The van der Waals surface area contributed by atoms with Gasteiger partial charge in [0.1, 0.15) is 5.82 Å². The first-order chi connectivity index (χ1) is 12.3. The Kier molecular flexibility index (Phi) is 5.83. The largest absolute Gasteiger partial charge is 0.349 e. The zero-order valence-corrected chi connectivity index (χ0v) is 14.7. The van der Waals surface area contributed by atoms with Gasteiger partial charge in [0.25, 0.3) is 0 Å². The molecule has 3 aromatic rings. The predicted molar refractivity (Wildman–Crippen MR) is 101 cm³/mol. The molecule has 4 nitrogen and oxygen atoms in total. The highest BCUT2D eigenvalue weighted by molar-refractivity contribution is 5.77. The van der Waals surface area contributed by atoms with Gasteiger partial charge < -0.3 is 9.88 Å². The molecular weight excluding hydrogens is 310 g/mol. The fraction of sp³-hybridized carbons (Fsp3) is 0.333. The van der Waals surface area contributed by atoms with Crippen LogP contribution in [0.2, 0.25) is 0 Å². The third-order valence-electron chi connectivity index (χ3n) is 4.40. The summed E-state index contributed by atoms with van der Waals surface area (Å²) in [5.41, 5.74) is 3.41. The van der Waals surface area contributed by atoms with Crippen LogP contribution >= 0.6 is 0 Å². The van der Waals surface area contributed by atoms with Crippen LogP contribution in [0, 0.1) is 0 Å². The number of para-hydroxylation sites is 2. The molecule has 1 heterocycles. The van der Waals surface area contributed by atoms with Gasteiger partial charge in [0.05, 0.1) is 17.6 Å². The van der Waals surface area contributed by atoms with Crippen LogP contribution in [0.5, 0.6) is 0 Å². The van der Waals surface area contributed by atoms with Crippen LogP contribution in [-0.4, -0.2) is 15.5 Å². The van der Waals surface area contributed by atoms with Gasteiger partial charge in [-0.2, -0.15) is 0 Å². The number of carbonyl (C=O) groups excluding carboxylic acids is 1. The van der Waals surface area contributed by atoms with Crippen molar-refractivity contribution in [2.75, 3.05) is 0 Å². The van der Waals surface area contributed by atoms with E-state index in [2.05, 4.69) is 47.1 Å². The number of amides is 1. The number of unbranched alkanes of at least 4 members (excludes halogenated alkanes) is 1. The Hall–Kier alpha value is -2.62. The van der Waals surface area contributed by atoms with Gasteiger partial charge >= 0.3 is 0 Å². The number of benzene rings is 2. The molecule has 1 amide bonds. The molecule has 0 atom stereocenters. The van der Waals surface area contributed by atoms with Crippen molar-refractivity contribution >= 4 is 16.9 Å². The molecule has 4 heteroatoms. The van der Waals surface area contributed by atoms with Gasteiger partial charge in [0.15, 0.2) is 0 Å². The van der Waals surface area contributed by atoms with Gasteiger partial charge in [-0.25, -0.2) is 4.98 Å². The molecule has 0 fully saturated rings. The second kappa shape index (κ2) is 8.47. The first-order valence-electron chi connectivity index (χ1n) is 9.02.